The molecule has 0 aliphatic carbocycles. The van der Waals surface area contributed by atoms with E-state index in [4.69, 9.17) is 4.74 Å². The Labute approximate surface area is 106 Å². The van der Waals surface area contributed by atoms with Gasteiger partial charge in [-0.15, -0.1) is 0 Å². The summed E-state index contributed by atoms with van der Waals surface area (Å²) in [5.74, 6) is -0.128. The Hall–Kier alpha value is -0.790. The molecule has 0 N–H and O–H groups in total. The first-order chi connectivity index (χ1) is 7.53. The Morgan fingerprint density at radius 1 is 1.18 bits per heavy atom. The third kappa shape index (κ3) is 10.1. The molecule has 17 heavy (non-hydrogen) atoms. The van der Waals surface area contributed by atoms with E-state index >= 15 is 0 Å². The van der Waals surface area contributed by atoms with Gasteiger partial charge in [-0.3, -0.25) is 4.79 Å². The van der Waals surface area contributed by atoms with Crippen molar-refractivity contribution in [1.29, 1.82) is 0 Å². The lowest BCUT2D eigenvalue weighted by Gasteiger charge is -2.23. The standard InChI is InChI=1S/C15H28O2/c1-8-12(9-10-14(2,3)4)17-13(16)11-15(5,6)7/h8,12H,1,9-11H2,2-7H3/t12-/m0/s1. The Bertz CT molecular complexity index is 253. The normalized spacial score (nSPS) is 14.2. The average Bonchev–Trinajstić information content (AvgIpc) is 2.07. The van der Waals surface area contributed by atoms with E-state index in [9.17, 15) is 4.79 Å². The van der Waals surface area contributed by atoms with Crippen molar-refractivity contribution in [1.82, 2.24) is 0 Å². The van der Waals surface area contributed by atoms with Gasteiger partial charge >= 0.3 is 5.97 Å². The predicted molar refractivity (Wildman–Crippen MR) is 72.8 cm³/mol. The number of esters is 1. The van der Waals surface area contributed by atoms with E-state index in [0.717, 1.165) is 12.8 Å². The second-order valence-corrected chi connectivity index (χ2v) is 7.10. The summed E-state index contributed by atoms with van der Waals surface area (Å²) in [5.41, 5.74) is 0.241. The number of carbonyl (C=O) groups is 1. The highest BCUT2D eigenvalue weighted by atomic mass is 16.5. The summed E-state index contributed by atoms with van der Waals surface area (Å²) in [4.78, 5) is 11.7. The van der Waals surface area contributed by atoms with Crippen molar-refractivity contribution >= 4 is 5.97 Å². The van der Waals surface area contributed by atoms with Crippen LogP contribution in [0, 0.1) is 10.8 Å². The van der Waals surface area contributed by atoms with Gasteiger partial charge < -0.3 is 4.74 Å². The van der Waals surface area contributed by atoms with Crippen LogP contribution in [0.3, 0.4) is 0 Å². The molecule has 0 aromatic rings. The molecule has 0 bridgehead atoms. The van der Waals surface area contributed by atoms with Crippen LogP contribution in [0.5, 0.6) is 0 Å². The molecule has 0 aromatic heterocycles. The quantitative estimate of drug-likeness (QED) is 0.527. The molecule has 0 heterocycles. The van der Waals surface area contributed by atoms with Gasteiger partial charge in [-0.05, 0) is 23.7 Å². The SMILES string of the molecule is C=C[C@@H](CCC(C)(C)C)OC(=O)CC(C)(C)C. The maximum atomic E-state index is 11.7. The molecule has 0 rings (SSSR count). The molecular formula is C15H28O2. The van der Waals surface area contributed by atoms with Gasteiger partial charge in [0, 0.05) is 0 Å². The second kappa shape index (κ2) is 6.23. The van der Waals surface area contributed by atoms with E-state index < -0.39 is 0 Å². The van der Waals surface area contributed by atoms with Gasteiger partial charge in [0.05, 0.1) is 6.42 Å². The van der Waals surface area contributed by atoms with Gasteiger partial charge in [-0.1, -0.05) is 54.2 Å². The van der Waals surface area contributed by atoms with E-state index in [0.29, 0.717) is 6.42 Å². The second-order valence-electron chi connectivity index (χ2n) is 7.10. The molecule has 0 amide bonds. The van der Waals surface area contributed by atoms with Gasteiger partial charge in [-0.25, -0.2) is 0 Å². The molecule has 0 spiro atoms. The van der Waals surface area contributed by atoms with E-state index in [1.54, 1.807) is 6.08 Å². The van der Waals surface area contributed by atoms with Gasteiger partial charge in [0.2, 0.25) is 0 Å². The minimum atomic E-state index is -0.149. The van der Waals surface area contributed by atoms with E-state index in [1.165, 1.54) is 0 Å². The van der Waals surface area contributed by atoms with Crippen molar-refractivity contribution in [3.63, 3.8) is 0 Å². The van der Waals surface area contributed by atoms with Gasteiger partial charge in [0.15, 0.2) is 0 Å². The molecule has 0 radical (unpaired) electrons. The number of hydrogen-bond donors (Lipinski definition) is 0. The highest BCUT2D eigenvalue weighted by Gasteiger charge is 2.20. The van der Waals surface area contributed by atoms with Gasteiger partial charge in [0.1, 0.15) is 6.10 Å². The molecule has 2 nitrogen and oxygen atoms in total. The van der Waals surface area contributed by atoms with Crippen LogP contribution in [0.1, 0.15) is 60.8 Å². The summed E-state index contributed by atoms with van der Waals surface area (Å²) in [6.07, 6.45) is 3.90. The molecule has 100 valence electrons. The zero-order valence-electron chi connectivity index (χ0n) is 12.3. The number of ether oxygens (including phenoxy) is 1. The lowest BCUT2D eigenvalue weighted by Crippen LogP contribution is -2.22. The molecule has 2 heteroatoms. The fraction of sp³-hybridized carbons (Fsp3) is 0.800. The highest BCUT2D eigenvalue weighted by Crippen LogP contribution is 2.24. The third-order valence-electron chi connectivity index (χ3n) is 2.40. The van der Waals surface area contributed by atoms with E-state index in [-0.39, 0.29) is 22.9 Å². The summed E-state index contributed by atoms with van der Waals surface area (Å²) in [6, 6.07) is 0. The highest BCUT2D eigenvalue weighted by molar-refractivity contribution is 5.70. The van der Waals surface area contributed by atoms with Crippen molar-refractivity contribution in [3.8, 4) is 0 Å². The molecule has 0 saturated heterocycles. The molecule has 0 aliphatic rings. The van der Waals surface area contributed by atoms with Crippen molar-refractivity contribution in [3.05, 3.63) is 12.7 Å². The molecule has 0 saturated carbocycles. The van der Waals surface area contributed by atoms with Crippen LogP contribution in [-0.2, 0) is 9.53 Å². The number of carbonyl (C=O) groups excluding carboxylic acids is 1. The van der Waals surface area contributed by atoms with Crippen LogP contribution in [-0.4, -0.2) is 12.1 Å². The maximum Gasteiger partial charge on any atom is 0.306 e. The van der Waals surface area contributed by atoms with Crippen LogP contribution in [0.15, 0.2) is 12.7 Å². The van der Waals surface area contributed by atoms with Gasteiger partial charge in [0.25, 0.3) is 0 Å². The minimum absolute atomic E-state index is 0.0210. The maximum absolute atomic E-state index is 11.7. The summed E-state index contributed by atoms with van der Waals surface area (Å²) in [5, 5.41) is 0. The number of hydrogen-bond acceptors (Lipinski definition) is 2. The predicted octanol–water partition coefficient (Wildman–Crippen LogP) is 4.35. The minimum Gasteiger partial charge on any atom is -0.458 e. The van der Waals surface area contributed by atoms with Crippen molar-refractivity contribution in [2.24, 2.45) is 10.8 Å². The van der Waals surface area contributed by atoms with E-state index in [2.05, 4.69) is 27.4 Å². The molecule has 0 fully saturated rings. The summed E-state index contributed by atoms with van der Waals surface area (Å²) in [7, 11) is 0. The summed E-state index contributed by atoms with van der Waals surface area (Å²) < 4.78 is 5.41. The Morgan fingerprint density at radius 2 is 1.71 bits per heavy atom. The van der Waals surface area contributed by atoms with Crippen molar-refractivity contribution < 1.29 is 9.53 Å². The Kier molecular flexibility index (Phi) is 5.94. The zero-order valence-corrected chi connectivity index (χ0v) is 12.3. The molecule has 0 unspecified atom stereocenters. The monoisotopic (exact) mass is 240 g/mol. The molecule has 0 aliphatic heterocycles. The lowest BCUT2D eigenvalue weighted by molar-refractivity contribution is -0.149. The largest absolute Gasteiger partial charge is 0.458 e. The molecular weight excluding hydrogens is 212 g/mol. The van der Waals surface area contributed by atoms with Gasteiger partial charge in [-0.2, -0.15) is 0 Å². The first kappa shape index (κ1) is 16.2. The van der Waals surface area contributed by atoms with Crippen molar-refractivity contribution in [2.75, 3.05) is 0 Å². The average molecular weight is 240 g/mol. The fourth-order valence-electron chi connectivity index (χ4n) is 1.44. The smallest absolute Gasteiger partial charge is 0.306 e. The molecule has 0 aromatic carbocycles. The van der Waals surface area contributed by atoms with E-state index in [1.807, 2.05) is 20.8 Å². The summed E-state index contributed by atoms with van der Waals surface area (Å²) in [6.45, 7) is 16.4. The van der Waals surface area contributed by atoms with Crippen LogP contribution in [0.2, 0.25) is 0 Å². The Morgan fingerprint density at radius 3 is 2.06 bits per heavy atom. The van der Waals surface area contributed by atoms with Crippen LogP contribution < -0.4 is 0 Å². The topological polar surface area (TPSA) is 26.3 Å². The zero-order chi connectivity index (χ0) is 13.7. The molecule has 1 atom stereocenters. The number of rotatable bonds is 5. The van der Waals surface area contributed by atoms with Crippen molar-refractivity contribution in [2.45, 2.75) is 66.9 Å². The fourth-order valence-corrected chi connectivity index (χ4v) is 1.44. The first-order valence-electron chi connectivity index (χ1n) is 6.35. The third-order valence-corrected chi connectivity index (χ3v) is 2.40. The van der Waals surface area contributed by atoms with Crippen LogP contribution in [0.25, 0.3) is 0 Å². The summed E-state index contributed by atoms with van der Waals surface area (Å²) >= 11 is 0. The first-order valence-corrected chi connectivity index (χ1v) is 6.35. The van der Waals surface area contributed by atoms with Crippen LogP contribution >= 0.6 is 0 Å². The van der Waals surface area contributed by atoms with Crippen LogP contribution in [0.4, 0.5) is 0 Å². The Balaban J connectivity index is 4.14. The lowest BCUT2D eigenvalue weighted by atomic mass is 9.89.